The van der Waals surface area contributed by atoms with E-state index in [2.05, 4.69) is 20.9 Å². The van der Waals surface area contributed by atoms with E-state index in [1.54, 1.807) is 6.20 Å². The van der Waals surface area contributed by atoms with E-state index in [0.29, 0.717) is 6.61 Å². The molecule has 0 radical (unpaired) electrons. The zero-order valence-electron chi connectivity index (χ0n) is 10.9. The predicted octanol–water partition coefficient (Wildman–Crippen LogP) is 3.13. The Labute approximate surface area is 121 Å². The fourth-order valence-electron chi connectivity index (χ4n) is 1.85. The number of imidazole rings is 1. The largest absolute Gasteiger partial charge is 0.493 e. The Kier molecular flexibility index (Phi) is 4.99. The summed E-state index contributed by atoms with van der Waals surface area (Å²) < 4.78 is 8.88. The second-order valence-electron chi connectivity index (χ2n) is 4.47. The molecule has 2 rings (SSSR count). The van der Waals surface area contributed by atoms with Gasteiger partial charge in [0, 0.05) is 35.0 Å². The molecular formula is C14H18BrN3O. The molecule has 0 saturated heterocycles. The number of nitrogens with two attached hydrogens (primary N) is 1. The standard InChI is InChI=1S/C14H18BrN3O/c1-11(16)13-9-12(15)3-4-14(13)19-8-2-6-18-7-5-17-10-18/h3-5,7,9-11H,2,6,8,16H2,1H3/t11-/m0/s1. The van der Waals surface area contributed by atoms with Crippen molar-refractivity contribution in [3.8, 4) is 5.75 Å². The van der Waals surface area contributed by atoms with Crippen molar-refractivity contribution >= 4 is 15.9 Å². The minimum Gasteiger partial charge on any atom is -0.493 e. The van der Waals surface area contributed by atoms with Crippen molar-refractivity contribution in [1.82, 2.24) is 9.55 Å². The van der Waals surface area contributed by atoms with Crippen molar-refractivity contribution in [3.05, 3.63) is 47.0 Å². The molecule has 0 aliphatic rings. The van der Waals surface area contributed by atoms with Crippen LogP contribution in [0.5, 0.6) is 5.75 Å². The van der Waals surface area contributed by atoms with Crippen molar-refractivity contribution in [2.75, 3.05) is 6.61 Å². The van der Waals surface area contributed by atoms with Crippen LogP contribution in [0.1, 0.15) is 24.9 Å². The minimum atomic E-state index is -0.0406. The number of ether oxygens (including phenoxy) is 1. The molecule has 0 bridgehead atoms. The summed E-state index contributed by atoms with van der Waals surface area (Å²) in [6, 6.07) is 5.90. The molecule has 0 spiro atoms. The van der Waals surface area contributed by atoms with Gasteiger partial charge >= 0.3 is 0 Å². The maximum Gasteiger partial charge on any atom is 0.124 e. The number of hydrogen-bond donors (Lipinski definition) is 1. The van der Waals surface area contributed by atoms with Crippen molar-refractivity contribution in [3.63, 3.8) is 0 Å². The van der Waals surface area contributed by atoms with Gasteiger partial charge in [-0.2, -0.15) is 0 Å². The van der Waals surface area contributed by atoms with Gasteiger partial charge in [0.05, 0.1) is 12.9 Å². The van der Waals surface area contributed by atoms with Crippen LogP contribution in [-0.4, -0.2) is 16.2 Å². The lowest BCUT2D eigenvalue weighted by Crippen LogP contribution is -2.09. The zero-order valence-corrected chi connectivity index (χ0v) is 12.5. The SMILES string of the molecule is C[C@H](N)c1cc(Br)ccc1OCCCn1ccnc1. The van der Waals surface area contributed by atoms with E-state index < -0.39 is 0 Å². The molecule has 4 nitrogen and oxygen atoms in total. The molecule has 0 aliphatic carbocycles. The first-order valence-electron chi connectivity index (χ1n) is 6.30. The van der Waals surface area contributed by atoms with Crippen LogP contribution in [0, 0.1) is 0 Å². The molecule has 1 heterocycles. The molecular weight excluding hydrogens is 306 g/mol. The normalized spacial score (nSPS) is 12.4. The molecule has 1 aromatic heterocycles. The third-order valence-corrected chi connectivity index (χ3v) is 3.33. The Morgan fingerprint density at radius 3 is 3.00 bits per heavy atom. The summed E-state index contributed by atoms with van der Waals surface area (Å²) in [5, 5.41) is 0. The van der Waals surface area contributed by atoms with Crippen LogP contribution in [0.2, 0.25) is 0 Å². The Morgan fingerprint density at radius 2 is 2.32 bits per heavy atom. The topological polar surface area (TPSA) is 53.1 Å². The van der Waals surface area contributed by atoms with Gasteiger partial charge in [0.2, 0.25) is 0 Å². The van der Waals surface area contributed by atoms with Crippen LogP contribution in [0.25, 0.3) is 0 Å². The fourth-order valence-corrected chi connectivity index (χ4v) is 2.23. The van der Waals surface area contributed by atoms with Crippen LogP contribution < -0.4 is 10.5 Å². The van der Waals surface area contributed by atoms with Gasteiger partial charge in [-0.3, -0.25) is 0 Å². The van der Waals surface area contributed by atoms with Gasteiger partial charge in [-0.15, -0.1) is 0 Å². The highest BCUT2D eigenvalue weighted by molar-refractivity contribution is 9.10. The lowest BCUT2D eigenvalue weighted by molar-refractivity contribution is 0.297. The molecule has 102 valence electrons. The number of hydrogen-bond acceptors (Lipinski definition) is 3. The summed E-state index contributed by atoms with van der Waals surface area (Å²) in [6.45, 7) is 3.53. The maximum absolute atomic E-state index is 5.95. The average Bonchev–Trinajstić information content (AvgIpc) is 2.89. The highest BCUT2D eigenvalue weighted by atomic mass is 79.9. The Balaban J connectivity index is 1.88. The minimum absolute atomic E-state index is 0.0406. The quantitative estimate of drug-likeness (QED) is 0.831. The van der Waals surface area contributed by atoms with Gasteiger partial charge < -0.3 is 15.0 Å². The van der Waals surface area contributed by atoms with E-state index >= 15 is 0 Å². The molecule has 19 heavy (non-hydrogen) atoms. The number of aryl methyl sites for hydroxylation is 1. The second-order valence-corrected chi connectivity index (χ2v) is 5.39. The van der Waals surface area contributed by atoms with Gasteiger partial charge in [-0.1, -0.05) is 15.9 Å². The van der Waals surface area contributed by atoms with E-state index in [-0.39, 0.29) is 6.04 Å². The van der Waals surface area contributed by atoms with Gasteiger partial charge in [0.15, 0.2) is 0 Å². The van der Waals surface area contributed by atoms with Crippen molar-refractivity contribution in [2.45, 2.75) is 25.9 Å². The summed E-state index contributed by atoms with van der Waals surface area (Å²) in [5.74, 6) is 0.865. The van der Waals surface area contributed by atoms with Crippen LogP contribution in [0.4, 0.5) is 0 Å². The molecule has 0 aliphatic heterocycles. The lowest BCUT2D eigenvalue weighted by Gasteiger charge is -2.14. The number of benzene rings is 1. The summed E-state index contributed by atoms with van der Waals surface area (Å²) >= 11 is 3.45. The average molecular weight is 324 g/mol. The molecule has 0 saturated carbocycles. The Morgan fingerprint density at radius 1 is 1.47 bits per heavy atom. The zero-order chi connectivity index (χ0) is 13.7. The van der Waals surface area contributed by atoms with E-state index in [1.807, 2.05) is 42.2 Å². The summed E-state index contributed by atoms with van der Waals surface area (Å²) in [6.07, 6.45) is 6.48. The molecule has 0 fully saturated rings. The van der Waals surface area contributed by atoms with E-state index in [0.717, 1.165) is 28.8 Å². The van der Waals surface area contributed by atoms with Crippen LogP contribution in [-0.2, 0) is 6.54 Å². The molecule has 2 N–H and O–H groups in total. The number of aromatic nitrogens is 2. The molecule has 1 aromatic carbocycles. The first kappa shape index (κ1) is 14.1. The third kappa shape index (κ3) is 4.08. The Bertz CT molecular complexity index is 511. The van der Waals surface area contributed by atoms with Crippen molar-refractivity contribution in [2.24, 2.45) is 5.73 Å². The second kappa shape index (κ2) is 6.73. The molecule has 0 unspecified atom stereocenters. The van der Waals surface area contributed by atoms with Crippen LogP contribution >= 0.6 is 15.9 Å². The number of rotatable bonds is 6. The van der Waals surface area contributed by atoms with Gasteiger partial charge in [0.1, 0.15) is 5.75 Å². The van der Waals surface area contributed by atoms with E-state index in [4.69, 9.17) is 10.5 Å². The molecule has 1 atom stereocenters. The lowest BCUT2D eigenvalue weighted by atomic mass is 10.1. The monoisotopic (exact) mass is 323 g/mol. The fraction of sp³-hybridized carbons (Fsp3) is 0.357. The predicted molar refractivity (Wildman–Crippen MR) is 79.1 cm³/mol. The van der Waals surface area contributed by atoms with Gasteiger partial charge in [0.25, 0.3) is 0 Å². The van der Waals surface area contributed by atoms with Gasteiger partial charge in [-0.25, -0.2) is 4.98 Å². The Hall–Kier alpha value is -1.33. The summed E-state index contributed by atoms with van der Waals surface area (Å²) in [4.78, 5) is 4.01. The highest BCUT2D eigenvalue weighted by Gasteiger charge is 2.08. The molecule has 5 heteroatoms. The third-order valence-electron chi connectivity index (χ3n) is 2.84. The summed E-state index contributed by atoms with van der Waals surface area (Å²) in [5.41, 5.74) is 6.98. The van der Waals surface area contributed by atoms with Crippen molar-refractivity contribution < 1.29 is 4.74 Å². The van der Waals surface area contributed by atoms with Crippen LogP contribution in [0.3, 0.4) is 0 Å². The van der Waals surface area contributed by atoms with E-state index in [1.165, 1.54) is 0 Å². The van der Waals surface area contributed by atoms with Gasteiger partial charge in [-0.05, 0) is 31.5 Å². The smallest absolute Gasteiger partial charge is 0.124 e. The number of nitrogens with zero attached hydrogens (tertiary/aromatic N) is 2. The maximum atomic E-state index is 5.95. The summed E-state index contributed by atoms with van der Waals surface area (Å²) in [7, 11) is 0. The first-order valence-corrected chi connectivity index (χ1v) is 7.09. The molecule has 0 amide bonds. The van der Waals surface area contributed by atoms with Crippen LogP contribution in [0.15, 0.2) is 41.4 Å². The number of halogens is 1. The first-order chi connectivity index (χ1) is 9.16. The highest BCUT2D eigenvalue weighted by Crippen LogP contribution is 2.27. The van der Waals surface area contributed by atoms with E-state index in [9.17, 15) is 0 Å². The van der Waals surface area contributed by atoms with Crippen molar-refractivity contribution in [1.29, 1.82) is 0 Å². The molecule has 2 aromatic rings.